The summed E-state index contributed by atoms with van der Waals surface area (Å²) in [6.07, 6.45) is 1.23. The van der Waals surface area contributed by atoms with E-state index < -0.39 is 0 Å². The molecule has 7 heteroatoms. The number of nitrogens with two attached hydrogens (primary N) is 2. The van der Waals surface area contributed by atoms with E-state index in [0.717, 1.165) is 0 Å². The van der Waals surface area contributed by atoms with Crippen molar-refractivity contribution in [1.82, 2.24) is 15.2 Å². The van der Waals surface area contributed by atoms with Crippen molar-refractivity contribution in [3.63, 3.8) is 0 Å². The van der Waals surface area contributed by atoms with E-state index in [2.05, 4.69) is 15.2 Å². The molecule has 0 saturated heterocycles. The number of benzene rings is 1. The van der Waals surface area contributed by atoms with E-state index >= 15 is 0 Å². The highest BCUT2D eigenvalue weighted by atomic mass is 16.4. The molecule has 1 aromatic carbocycles. The molecule has 0 atom stereocenters. The Kier molecular flexibility index (Phi) is 1.61. The minimum atomic E-state index is 0.0707. The minimum Gasteiger partial charge on any atom is -0.424 e. The van der Waals surface area contributed by atoms with Crippen LogP contribution >= 0.6 is 0 Å². The van der Waals surface area contributed by atoms with Crippen molar-refractivity contribution in [2.24, 2.45) is 0 Å². The lowest BCUT2D eigenvalue weighted by Gasteiger charge is -1.97. The summed E-state index contributed by atoms with van der Waals surface area (Å²) in [6.45, 7) is 0. The van der Waals surface area contributed by atoms with Crippen LogP contribution in [0.5, 0.6) is 0 Å². The fourth-order valence-electron chi connectivity index (χ4n) is 1.52. The van der Waals surface area contributed by atoms with Gasteiger partial charge in [-0.3, -0.25) is 0 Å². The normalized spacial score (nSPS) is 11.0. The lowest BCUT2D eigenvalue weighted by molar-refractivity contribution is 0.569. The van der Waals surface area contributed by atoms with Crippen molar-refractivity contribution < 1.29 is 8.83 Å². The second kappa shape index (κ2) is 2.96. The van der Waals surface area contributed by atoms with Gasteiger partial charge in [0.1, 0.15) is 5.52 Å². The van der Waals surface area contributed by atoms with Crippen LogP contribution in [0.1, 0.15) is 0 Å². The molecule has 3 rings (SSSR count). The van der Waals surface area contributed by atoms with Crippen LogP contribution in [0.4, 0.5) is 11.7 Å². The molecular weight excluding hydrogens is 210 g/mol. The van der Waals surface area contributed by atoms with E-state index in [1.807, 2.05) is 0 Å². The molecular formula is C9H7N5O2. The lowest BCUT2D eigenvalue weighted by atomic mass is 10.1. The average molecular weight is 217 g/mol. The maximum Gasteiger partial charge on any atom is 0.293 e. The number of hydrogen-bond donors (Lipinski definition) is 2. The first-order valence-corrected chi connectivity index (χ1v) is 4.46. The van der Waals surface area contributed by atoms with Gasteiger partial charge in [-0.05, 0) is 6.07 Å². The number of fused-ring (bicyclic) bond motifs is 1. The van der Waals surface area contributed by atoms with Gasteiger partial charge >= 0.3 is 0 Å². The van der Waals surface area contributed by atoms with Crippen LogP contribution < -0.4 is 11.5 Å². The molecule has 16 heavy (non-hydrogen) atoms. The predicted molar refractivity (Wildman–Crippen MR) is 56.1 cm³/mol. The number of nitrogens with zero attached hydrogens (tertiary/aromatic N) is 3. The molecule has 3 aromatic rings. The van der Waals surface area contributed by atoms with Crippen LogP contribution in [0.2, 0.25) is 0 Å². The van der Waals surface area contributed by atoms with Gasteiger partial charge in [0.25, 0.3) is 6.01 Å². The summed E-state index contributed by atoms with van der Waals surface area (Å²) in [5, 5.41) is 7.39. The molecule has 7 nitrogen and oxygen atoms in total. The third-order valence-corrected chi connectivity index (χ3v) is 2.12. The van der Waals surface area contributed by atoms with Crippen molar-refractivity contribution in [3.05, 3.63) is 18.5 Å². The molecule has 0 fully saturated rings. The van der Waals surface area contributed by atoms with E-state index in [0.29, 0.717) is 28.2 Å². The Bertz CT molecular complexity index is 643. The average Bonchev–Trinajstić information content (AvgIpc) is 2.83. The molecule has 0 radical (unpaired) electrons. The van der Waals surface area contributed by atoms with Crippen LogP contribution in [-0.2, 0) is 0 Å². The van der Waals surface area contributed by atoms with Gasteiger partial charge < -0.3 is 20.3 Å². The van der Waals surface area contributed by atoms with Gasteiger partial charge in [-0.25, -0.2) is 0 Å². The third kappa shape index (κ3) is 1.18. The SMILES string of the molecule is Nc1cc(-c2nnco2)c2nc(N)oc2c1. The first-order valence-electron chi connectivity index (χ1n) is 4.46. The predicted octanol–water partition coefficient (Wildman–Crippen LogP) is 1.04. The van der Waals surface area contributed by atoms with Gasteiger partial charge in [-0.15, -0.1) is 10.2 Å². The molecule has 2 aromatic heterocycles. The number of aromatic nitrogens is 3. The highest BCUT2D eigenvalue weighted by Gasteiger charge is 2.14. The number of oxazole rings is 1. The van der Waals surface area contributed by atoms with Gasteiger partial charge in [-0.2, -0.15) is 4.98 Å². The number of rotatable bonds is 1. The van der Waals surface area contributed by atoms with Crippen LogP contribution in [0.25, 0.3) is 22.6 Å². The summed E-state index contributed by atoms with van der Waals surface area (Å²) in [5.41, 5.74) is 13.4. The van der Waals surface area contributed by atoms with E-state index in [4.69, 9.17) is 20.3 Å². The summed E-state index contributed by atoms with van der Waals surface area (Å²) < 4.78 is 10.3. The Morgan fingerprint density at radius 2 is 2.06 bits per heavy atom. The number of nitrogen functional groups attached to an aromatic ring is 2. The molecule has 80 valence electrons. The maximum absolute atomic E-state index is 5.72. The largest absolute Gasteiger partial charge is 0.424 e. The Morgan fingerprint density at radius 3 is 2.81 bits per heavy atom. The van der Waals surface area contributed by atoms with Crippen LogP contribution in [0.15, 0.2) is 27.4 Å². The van der Waals surface area contributed by atoms with Gasteiger partial charge in [0.05, 0.1) is 5.56 Å². The smallest absolute Gasteiger partial charge is 0.293 e. The monoisotopic (exact) mass is 217 g/mol. The lowest BCUT2D eigenvalue weighted by Crippen LogP contribution is -1.88. The Labute approximate surface area is 89.1 Å². The maximum atomic E-state index is 5.72. The first-order chi connectivity index (χ1) is 7.74. The summed E-state index contributed by atoms with van der Waals surface area (Å²) >= 11 is 0. The number of hydrogen-bond acceptors (Lipinski definition) is 7. The number of anilines is 2. The minimum absolute atomic E-state index is 0.0707. The van der Waals surface area contributed by atoms with E-state index in [1.165, 1.54) is 6.39 Å². The van der Waals surface area contributed by atoms with Crippen LogP contribution in [0, 0.1) is 0 Å². The molecule has 0 aliphatic rings. The molecule has 2 heterocycles. The quantitative estimate of drug-likeness (QED) is 0.584. The highest BCUT2D eigenvalue weighted by Crippen LogP contribution is 2.30. The second-order valence-electron chi connectivity index (χ2n) is 3.21. The highest BCUT2D eigenvalue weighted by molar-refractivity contribution is 5.91. The van der Waals surface area contributed by atoms with E-state index in [9.17, 15) is 0 Å². The fourth-order valence-corrected chi connectivity index (χ4v) is 1.52. The van der Waals surface area contributed by atoms with Crippen molar-refractivity contribution in [1.29, 1.82) is 0 Å². The zero-order valence-corrected chi connectivity index (χ0v) is 8.04. The van der Waals surface area contributed by atoms with Gasteiger partial charge in [0.15, 0.2) is 5.58 Å². The molecule has 0 aliphatic carbocycles. The summed E-state index contributed by atoms with van der Waals surface area (Å²) in [4.78, 5) is 4.04. The Hall–Kier alpha value is -2.57. The van der Waals surface area contributed by atoms with Gasteiger partial charge in [-0.1, -0.05) is 0 Å². The van der Waals surface area contributed by atoms with Crippen molar-refractivity contribution in [2.45, 2.75) is 0 Å². The topological polar surface area (TPSA) is 117 Å². The summed E-state index contributed by atoms with van der Waals surface area (Å²) in [6, 6.07) is 3.39. The zero-order chi connectivity index (χ0) is 11.1. The van der Waals surface area contributed by atoms with Crippen LogP contribution in [-0.4, -0.2) is 15.2 Å². The first kappa shape index (κ1) is 8.72. The zero-order valence-electron chi connectivity index (χ0n) is 8.04. The molecule has 0 saturated carbocycles. The van der Waals surface area contributed by atoms with Crippen molar-refractivity contribution in [3.8, 4) is 11.5 Å². The summed E-state index contributed by atoms with van der Waals surface area (Å²) in [7, 11) is 0. The van der Waals surface area contributed by atoms with E-state index in [1.54, 1.807) is 12.1 Å². The van der Waals surface area contributed by atoms with Gasteiger partial charge in [0, 0.05) is 11.8 Å². The molecule has 0 spiro atoms. The second-order valence-corrected chi connectivity index (χ2v) is 3.21. The fraction of sp³-hybridized carbons (Fsp3) is 0. The molecule has 0 bridgehead atoms. The standard InChI is InChI=1S/C9H7N5O2/c10-4-1-5(8-14-12-3-15-8)7-6(2-4)16-9(11)13-7/h1-3H,10H2,(H2,11,13). The van der Waals surface area contributed by atoms with Crippen LogP contribution in [0.3, 0.4) is 0 Å². The Morgan fingerprint density at radius 1 is 1.19 bits per heavy atom. The van der Waals surface area contributed by atoms with Gasteiger partial charge in [0.2, 0.25) is 12.3 Å². The van der Waals surface area contributed by atoms with Crippen molar-refractivity contribution >= 4 is 22.8 Å². The molecule has 0 unspecified atom stereocenters. The van der Waals surface area contributed by atoms with E-state index in [-0.39, 0.29) is 6.01 Å². The van der Waals surface area contributed by atoms with Crippen molar-refractivity contribution in [2.75, 3.05) is 11.5 Å². The molecule has 0 aliphatic heterocycles. The molecule has 4 N–H and O–H groups in total. The summed E-state index contributed by atoms with van der Waals surface area (Å²) in [5.74, 6) is 0.325. The molecule has 0 amide bonds. The third-order valence-electron chi connectivity index (χ3n) is 2.12. The Balaban J connectivity index is 2.38.